The number of carbonyl (C=O) groups is 1. The lowest BCUT2D eigenvalue weighted by Crippen LogP contribution is -2.35. The van der Waals surface area contributed by atoms with Gasteiger partial charge in [0.1, 0.15) is 0 Å². The van der Waals surface area contributed by atoms with Gasteiger partial charge in [0.25, 0.3) is 0 Å². The third kappa shape index (κ3) is 3.41. The van der Waals surface area contributed by atoms with Gasteiger partial charge in [0, 0.05) is 18.2 Å². The van der Waals surface area contributed by atoms with E-state index in [1.165, 1.54) is 0 Å². The highest BCUT2D eigenvalue weighted by atomic mass is 16.2. The molecular formula is C11H16N4O. The van der Waals surface area contributed by atoms with Crippen molar-refractivity contribution in [2.45, 2.75) is 32.2 Å². The molecule has 0 aliphatic rings. The van der Waals surface area contributed by atoms with Crippen molar-refractivity contribution in [1.82, 2.24) is 10.2 Å². The van der Waals surface area contributed by atoms with Crippen molar-refractivity contribution in [1.29, 1.82) is 0 Å². The van der Waals surface area contributed by atoms with Crippen molar-refractivity contribution < 1.29 is 4.79 Å². The zero-order chi connectivity index (χ0) is 12.0. The topological polar surface area (TPSA) is 83.8 Å². The molecule has 5 heteroatoms. The van der Waals surface area contributed by atoms with Gasteiger partial charge in [-0.15, -0.1) is 12.3 Å². The molecule has 1 unspecified atom stereocenters. The Balaban J connectivity index is 2.53. The molecule has 0 saturated carbocycles. The Morgan fingerprint density at radius 2 is 2.56 bits per heavy atom. The summed E-state index contributed by atoms with van der Waals surface area (Å²) in [6.45, 7) is 2.07. The average molecular weight is 220 g/mol. The number of aryl methyl sites for hydroxylation is 1. The van der Waals surface area contributed by atoms with E-state index < -0.39 is 6.04 Å². The van der Waals surface area contributed by atoms with Gasteiger partial charge in [-0.25, -0.2) is 0 Å². The quantitative estimate of drug-likeness (QED) is 0.637. The molecule has 1 rings (SSSR count). The Morgan fingerprint density at radius 1 is 1.81 bits per heavy atom. The Hall–Kier alpha value is -1.80. The van der Waals surface area contributed by atoms with Crippen LogP contribution < -0.4 is 11.1 Å². The van der Waals surface area contributed by atoms with Crippen LogP contribution in [0.5, 0.6) is 0 Å². The van der Waals surface area contributed by atoms with Crippen molar-refractivity contribution >= 4 is 11.7 Å². The number of nitrogens with one attached hydrogen (secondary N) is 2. The molecule has 0 fully saturated rings. The van der Waals surface area contributed by atoms with Gasteiger partial charge in [-0.1, -0.05) is 13.3 Å². The monoisotopic (exact) mass is 220 g/mol. The lowest BCUT2D eigenvalue weighted by atomic mass is 10.2. The van der Waals surface area contributed by atoms with Crippen LogP contribution in [-0.2, 0) is 11.2 Å². The van der Waals surface area contributed by atoms with E-state index in [0.717, 1.165) is 18.5 Å². The smallest absolute Gasteiger partial charge is 0.243 e. The van der Waals surface area contributed by atoms with Crippen LogP contribution >= 0.6 is 0 Å². The van der Waals surface area contributed by atoms with Gasteiger partial charge >= 0.3 is 0 Å². The maximum atomic E-state index is 11.5. The Morgan fingerprint density at radius 3 is 3.19 bits per heavy atom. The summed E-state index contributed by atoms with van der Waals surface area (Å²) in [5.41, 5.74) is 6.54. The predicted molar refractivity (Wildman–Crippen MR) is 62.6 cm³/mol. The van der Waals surface area contributed by atoms with Crippen LogP contribution in [0.4, 0.5) is 5.82 Å². The molecule has 16 heavy (non-hydrogen) atoms. The number of aromatic amines is 1. The normalized spacial score (nSPS) is 11.8. The lowest BCUT2D eigenvalue weighted by molar-refractivity contribution is -0.117. The van der Waals surface area contributed by atoms with Gasteiger partial charge in [-0.3, -0.25) is 9.89 Å². The van der Waals surface area contributed by atoms with E-state index in [9.17, 15) is 4.79 Å². The van der Waals surface area contributed by atoms with Crippen LogP contribution in [0, 0.1) is 12.3 Å². The first-order valence-electron chi connectivity index (χ1n) is 5.21. The number of rotatable bonds is 5. The standard InChI is InChI=1S/C11H16N4O/c1-3-5-8-7-10(15-14-8)13-11(16)9(12)6-4-2/h2,7,9H,3,5-6,12H2,1H3,(H2,13,14,15,16). The van der Waals surface area contributed by atoms with E-state index in [4.69, 9.17) is 12.2 Å². The highest BCUT2D eigenvalue weighted by Crippen LogP contribution is 2.07. The highest BCUT2D eigenvalue weighted by molar-refractivity contribution is 5.94. The van der Waals surface area contributed by atoms with E-state index >= 15 is 0 Å². The molecule has 0 saturated heterocycles. The molecule has 0 spiro atoms. The summed E-state index contributed by atoms with van der Waals surface area (Å²) < 4.78 is 0. The second-order valence-electron chi connectivity index (χ2n) is 3.53. The summed E-state index contributed by atoms with van der Waals surface area (Å²) in [7, 11) is 0. The third-order valence-corrected chi connectivity index (χ3v) is 2.08. The van der Waals surface area contributed by atoms with Crippen molar-refractivity contribution in [3.05, 3.63) is 11.8 Å². The van der Waals surface area contributed by atoms with Gasteiger partial charge in [0.2, 0.25) is 5.91 Å². The molecule has 5 nitrogen and oxygen atoms in total. The summed E-state index contributed by atoms with van der Waals surface area (Å²) >= 11 is 0. The summed E-state index contributed by atoms with van der Waals surface area (Å²) in [5, 5.41) is 9.39. The van der Waals surface area contributed by atoms with Gasteiger partial charge in [-0.05, 0) is 6.42 Å². The lowest BCUT2D eigenvalue weighted by Gasteiger charge is -2.06. The van der Waals surface area contributed by atoms with E-state index in [0.29, 0.717) is 5.82 Å². The second kappa shape index (κ2) is 5.93. The molecule has 0 radical (unpaired) electrons. The number of aromatic nitrogens is 2. The van der Waals surface area contributed by atoms with Crippen LogP contribution in [0.2, 0.25) is 0 Å². The SMILES string of the molecule is C#CCC(N)C(=O)Nc1cc(CCC)[nH]n1. The molecule has 1 aromatic rings. The predicted octanol–water partition coefficient (Wildman–Crippen LogP) is 0.651. The maximum absolute atomic E-state index is 11.5. The summed E-state index contributed by atoms with van der Waals surface area (Å²) in [6.07, 6.45) is 7.21. The van der Waals surface area contributed by atoms with Crippen molar-refractivity contribution in [2.24, 2.45) is 5.73 Å². The largest absolute Gasteiger partial charge is 0.319 e. The van der Waals surface area contributed by atoms with Crippen LogP contribution in [0.3, 0.4) is 0 Å². The maximum Gasteiger partial charge on any atom is 0.243 e. The molecule has 0 aromatic carbocycles. The minimum absolute atomic E-state index is 0.220. The van der Waals surface area contributed by atoms with Gasteiger partial charge in [0.15, 0.2) is 5.82 Å². The number of terminal acetylenes is 1. The zero-order valence-corrected chi connectivity index (χ0v) is 9.29. The molecule has 0 bridgehead atoms. The Kier molecular flexibility index (Phi) is 4.55. The highest BCUT2D eigenvalue weighted by Gasteiger charge is 2.13. The fourth-order valence-corrected chi connectivity index (χ4v) is 1.26. The molecule has 1 atom stereocenters. The fraction of sp³-hybridized carbons (Fsp3) is 0.455. The second-order valence-corrected chi connectivity index (χ2v) is 3.53. The molecular weight excluding hydrogens is 204 g/mol. The van der Waals surface area contributed by atoms with E-state index in [1.54, 1.807) is 6.07 Å². The minimum atomic E-state index is -0.684. The van der Waals surface area contributed by atoms with Crippen LogP contribution in [-0.4, -0.2) is 22.1 Å². The van der Waals surface area contributed by atoms with Crippen LogP contribution in [0.25, 0.3) is 0 Å². The molecule has 1 aromatic heterocycles. The van der Waals surface area contributed by atoms with Crippen molar-refractivity contribution in [3.8, 4) is 12.3 Å². The number of H-pyrrole nitrogens is 1. The molecule has 0 aliphatic heterocycles. The van der Waals surface area contributed by atoms with Gasteiger partial charge < -0.3 is 11.1 Å². The fourth-order valence-electron chi connectivity index (χ4n) is 1.26. The average Bonchev–Trinajstić information content (AvgIpc) is 2.66. The first-order chi connectivity index (χ1) is 7.67. The van der Waals surface area contributed by atoms with Crippen LogP contribution in [0.15, 0.2) is 6.07 Å². The molecule has 4 N–H and O–H groups in total. The van der Waals surface area contributed by atoms with E-state index in [-0.39, 0.29) is 12.3 Å². The molecule has 1 amide bonds. The van der Waals surface area contributed by atoms with Crippen molar-refractivity contribution in [2.75, 3.05) is 5.32 Å². The van der Waals surface area contributed by atoms with Crippen molar-refractivity contribution in [3.63, 3.8) is 0 Å². The summed E-state index contributed by atoms with van der Waals surface area (Å²) in [5.74, 6) is 2.52. The number of hydrogen-bond donors (Lipinski definition) is 3. The molecule has 86 valence electrons. The molecule has 1 heterocycles. The third-order valence-electron chi connectivity index (χ3n) is 2.08. The van der Waals surface area contributed by atoms with Crippen LogP contribution in [0.1, 0.15) is 25.5 Å². The minimum Gasteiger partial charge on any atom is -0.319 e. The number of nitrogens with zero attached hydrogens (tertiary/aromatic N) is 1. The van der Waals surface area contributed by atoms with E-state index in [1.807, 2.05) is 0 Å². The van der Waals surface area contributed by atoms with Gasteiger partial charge in [-0.2, -0.15) is 5.10 Å². The number of carbonyl (C=O) groups excluding carboxylic acids is 1. The summed E-state index contributed by atoms with van der Waals surface area (Å²) in [4.78, 5) is 11.5. The number of amides is 1. The Bertz CT molecular complexity index is 391. The molecule has 0 aliphatic carbocycles. The zero-order valence-electron chi connectivity index (χ0n) is 9.29. The van der Waals surface area contributed by atoms with Gasteiger partial charge in [0.05, 0.1) is 6.04 Å². The first-order valence-corrected chi connectivity index (χ1v) is 5.21. The number of nitrogens with two attached hydrogens (primary N) is 1. The van der Waals surface area contributed by atoms with E-state index in [2.05, 4.69) is 28.4 Å². The number of anilines is 1. The number of hydrogen-bond acceptors (Lipinski definition) is 3. The summed E-state index contributed by atoms with van der Waals surface area (Å²) in [6, 6.07) is 1.11. The first kappa shape index (κ1) is 12.3. The Labute approximate surface area is 94.8 Å².